The van der Waals surface area contributed by atoms with Gasteiger partial charge in [0.15, 0.2) is 0 Å². The van der Waals surface area contributed by atoms with Gasteiger partial charge in [-0.2, -0.15) is 0 Å². The SMILES string of the molecule is CN(C)CC(O)CONc1ccccc1.Cl.Cl. The smallest absolute Gasteiger partial charge is 0.102 e. The highest BCUT2D eigenvalue weighted by atomic mass is 35.5. The number of para-hydroxylation sites is 1. The number of benzene rings is 1. The fraction of sp³-hybridized carbons (Fsp3) is 0.455. The van der Waals surface area contributed by atoms with Crippen LogP contribution in [0.2, 0.25) is 0 Å². The standard InChI is InChI=1S/C11H18N2O2.2ClH/c1-13(2)8-11(14)9-15-12-10-6-4-3-5-7-10;;/h3-7,11-12,14H,8-9H2,1-2H3;2*1H. The quantitative estimate of drug-likeness (QED) is 0.781. The van der Waals surface area contributed by atoms with Crippen LogP contribution in [-0.4, -0.2) is 43.4 Å². The van der Waals surface area contributed by atoms with E-state index in [9.17, 15) is 5.11 Å². The minimum Gasteiger partial charge on any atom is -0.389 e. The molecule has 0 heterocycles. The number of hydrogen-bond acceptors (Lipinski definition) is 4. The molecule has 0 aliphatic carbocycles. The number of halogens is 2. The first-order chi connectivity index (χ1) is 7.18. The first-order valence-electron chi connectivity index (χ1n) is 4.94. The molecule has 0 saturated heterocycles. The summed E-state index contributed by atoms with van der Waals surface area (Å²) in [5.74, 6) is 0. The summed E-state index contributed by atoms with van der Waals surface area (Å²) in [6.45, 7) is 0.865. The molecule has 0 aliphatic heterocycles. The molecule has 6 heteroatoms. The van der Waals surface area contributed by atoms with Crippen molar-refractivity contribution in [3.63, 3.8) is 0 Å². The van der Waals surface area contributed by atoms with Gasteiger partial charge < -0.3 is 10.0 Å². The molecule has 0 radical (unpaired) electrons. The van der Waals surface area contributed by atoms with Crippen molar-refractivity contribution in [3.05, 3.63) is 30.3 Å². The summed E-state index contributed by atoms with van der Waals surface area (Å²) in [7, 11) is 3.82. The van der Waals surface area contributed by atoms with E-state index in [0.29, 0.717) is 6.54 Å². The van der Waals surface area contributed by atoms with Crippen LogP contribution in [0.5, 0.6) is 0 Å². The van der Waals surface area contributed by atoms with Gasteiger partial charge in [-0.3, -0.25) is 10.3 Å². The predicted molar refractivity (Wildman–Crippen MR) is 75.1 cm³/mol. The Bertz CT molecular complexity index is 273. The lowest BCUT2D eigenvalue weighted by Crippen LogP contribution is -2.30. The molecule has 17 heavy (non-hydrogen) atoms. The first kappa shape index (κ1) is 18.8. The molecule has 0 aromatic heterocycles. The number of hydrogen-bond donors (Lipinski definition) is 2. The molecule has 1 unspecified atom stereocenters. The van der Waals surface area contributed by atoms with Gasteiger partial charge in [-0.15, -0.1) is 24.8 Å². The fourth-order valence-electron chi connectivity index (χ4n) is 1.20. The van der Waals surface area contributed by atoms with E-state index in [0.717, 1.165) is 5.69 Å². The summed E-state index contributed by atoms with van der Waals surface area (Å²) in [5, 5.41) is 9.49. The second-order valence-electron chi connectivity index (χ2n) is 3.70. The fourth-order valence-corrected chi connectivity index (χ4v) is 1.20. The number of aliphatic hydroxyl groups excluding tert-OH is 1. The van der Waals surface area contributed by atoms with Crippen molar-refractivity contribution in [3.8, 4) is 0 Å². The Morgan fingerprint density at radius 3 is 2.35 bits per heavy atom. The van der Waals surface area contributed by atoms with Crippen molar-refractivity contribution >= 4 is 30.5 Å². The summed E-state index contributed by atoms with van der Waals surface area (Å²) < 4.78 is 0. The van der Waals surface area contributed by atoms with Crippen molar-refractivity contribution in [1.29, 1.82) is 0 Å². The Morgan fingerprint density at radius 2 is 1.82 bits per heavy atom. The lowest BCUT2D eigenvalue weighted by atomic mass is 10.3. The van der Waals surface area contributed by atoms with Crippen LogP contribution in [0.3, 0.4) is 0 Å². The van der Waals surface area contributed by atoms with Gasteiger partial charge in [0.25, 0.3) is 0 Å². The van der Waals surface area contributed by atoms with Crippen molar-refractivity contribution in [2.45, 2.75) is 6.10 Å². The van der Waals surface area contributed by atoms with Crippen LogP contribution in [0, 0.1) is 0 Å². The maximum atomic E-state index is 9.49. The minimum atomic E-state index is -0.476. The molecule has 1 aromatic rings. The monoisotopic (exact) mass is 282 g/mol. The van der Waals surface area contributed by atoms with Crippen LogP contribution in [0.15, 0.2) is 30.3 Å². The van der Waals surface area contributed by atoms with Gasteiger partial charge in [0.05, 0.1) is 11.8 Å². The number of likely N-dealkylation sites (N-methyl/N-ethyl adjacent to an activating group) is 1. The van der Waals surface area contributed by atoms with Gasteiger partial charge in [0.2, 0.25) is 0 Å². The second-order valence-corrected chi connectivity index (χ2v) is 3.70. The summed E-state index contributed by atoms with van der Waals surface area (Å²) >= 11 is 0. The molecule has 4 nitrogen and oxygen atoms in total. The lowest BCUT2D eigenvalue weighted by Gasteiger charge is -2.16. The maximum Gasteiger partial charge on any atom is 0.102 e. The van der Waals surface area contributed by atoms with E-state index in [1.807, 2.05) is 49.3 Å². The van der Waals surface area contributed by atoms with E-state index in [4.69, 9.17) is 4.84 Å². The normalized spacial score (nSPS) is 11.3. The Balaban J connectivity index is 0. The van der Waals surface area contributed by atoms with Gasteiger partial charge in [-0.25, -0.2) is 0 Å². The Hall–Kier alpha value is -0.520. The van der Waals surface area contributed by atoms with E-state index in [2.05, 4.69) is 5.48 Å². The van der Waals surface area contributed by atoms with E-state index >= 15 is 0 Å². The van der Waals surface area contributed by atoms with E-state index < -0.39 is 6.10 Å². The molecule has 0 fully saturated rings. The second kappa shape index (κ2) is 10.6. The maximum absolute atomic E-state index is 9.49. The zero-order valence-electron chi connectivity index (χ0n) is 10.00. The topological polar surface area (TPSA) is 44.7 Å². The van der Waals surface area contributed by atoms with Crippen LogP contribution in [0.1, 0.15) is 0 Å². The highest BCUT2D eigenvalue weighted by molar-refractivity contribution is 5.85. The molecule has 2 N–H and O–H groups in total. The van der Waals surface area contributed by atoms with Gasteiger partial charge in [0.1, 0.15) is 6.61 Å². The average molecular weight is 283 g/mol. The van der Waals surface area contributed by atoms with Crippen LogP contribution in [-0.2, 0) is 4.84 Å². The molecule has 1 aromatic carbocycles. The molecular formula is C11H20Cl2N2O2. The minimum absolute atomic E-state index is 0. The highest BCUT2D eigenvalue weighted by Gasteiger charge is 2.05. The Kier molecular flexibility index (Phi) is 11.8. The molecule has 1 atom stereocenters. The predicted octanol–water partition coefficient (Wildman–Crippen LogP) is 1.80. The Labute approximate surface area is 115 Å². The number of anilines is 1. The molecule has 100 valence electrons. The molecule has 0 amide bonds. The number of nitrogens with one attached hydrogen (secondary N) is 1. The van der Waals surface area contributed by atoms with Crippen molar-refractivity contribution < 1.29 is 9.94 Å². The van der Waals surface area contributed by atoms with Crippen LogP contribution < -0.4 is 5.48 Å². The molecule has 0 bridgehead atoms. The number of rotatable bonds is 6. The third-order valence-electron chi connectivity index (χ3n) is 1.82. The summed E-state index contributed by atoms with van der Waals surface area (Å²) in [4.78, 5) is 7.07. The van der Waals surface area contributed by atoms with Crippen molar-refractivity contribution in [1.82, 2.24) is 4.90 Å². The molecular weight excluding hydrogens is 263 g/mol. The molecule has 1 rings (SSSR count). The number of nitrogens with zero attached hydrogens (tertiary/aromatic N) is 1. The Morgan fingerprint density at radius 1 is 1.24 bits per heavy atom. The zero-order chi connectivity index (χ0) is 11.1. The lowest BCUT2D eigenvalue weighted by molar-refractivity contribution is 0.0467. The zero-order valence-corrected chi connectivity index (χ0v) is 11.6. The first-order valence-corrected chi connectivity index (χ1v) is 4.94. The van der Waals surface area contributed by atoms with Gasteiger partial charge in [-0.05, 0) is 26.2 Å². The number of aliphatic hydroxyl groups is 1. The highest BCUT2D eigenvalue weighted by Crippen LogP contribution is 2.04. The van der Waals surface area contributed by atoms with Crippen LogP contribution >= 0.6 is 24.8 Å². The summed E-state index contributed by atoms with van der Waals surface area (Å²) in [6.07, 6.45) is -0.476. The van der Waals surface area contributed by atoms with Gasteiger partial charge in [-0.1, -0.05) is 18.2 Å². The van der Waals surface area contributed by atoms with E-state index in [1.165, 1.54) is 0 Å². The van der Waals surface area contributed by atoms with Crippen molar-refractivity contribution in [2.75, 3.05) is 32.7 Å². The third kappa shape index (κ3) is 9.21. The summed E-state index contributed by atoms with van der Waals surface area (Å²) in [5.41, 5.74) is 3.65. The molecule has 0 aliphatic rings. The van der Waals surface area contributed by atoms with Crippen LogP contribution in [0.4, 0.5) is 5.69 Å². The van der Waals surface area contributed by atoms with Crippen molar-refractivity contribution in [2.24, 2.45) is 0 Å². The third-order valence-corrected chi connectivity index (χ3v) is 1.82. The van der Waals surface area contributed by atoms with Gasteiger partial charge in [0, 0.05) is 6.54 Å². The van der Waals surface area contributed by atoms with E-state index in [-0.39, 0.29) is 31.4 Å². The average Bonchev–Trinajstić information content (AvgIpc) is 2.18. The largest absolute Gasteiger partial charge is 0.389 e. The molecule has 0 saturated carbocycles. The molecule has 0 spiro atoms. The summed E-state index contributed by atoms with van der Waals surface area (Å²) in [6, 6.07) is 9.58. The van der Waals surface area contributed by atoms with E-state index in [1.54, 1.807) is 0 Å². The van der Waals surface area contributed by atoms with Crippen LogP contribution in [0.25, 0.3) is 0 Å². The van der Waals surface area contributed by atoms with Gasteiger partial charge >= 0.3 is 0 Å².